The summed E-state index contributed by atoms with van der Waals surface area (Å²) in [6, 6.07) is 0.711. The second-order valence-corrected chi connectivity index (χ2v) is 6.90. The minimum atomic E-state index is -4.39. The minimum absolute atomic E-state index is 0.215. The van der Waals surface area contributed by atoms with Crippen molar-refractivity contribution in [3.05, 3.63) is 29.3 Å². The maximum atomic E-state index is 13.6. The van der Waals surface area contributed by atoms with Gasteiger partial charge in [0.05, 0.1) is 5.56 Å². The summed E-state index contributed by atoms with van der Waals surface area (Å²) < 4.78 is 49.2. The van der Waals surface area contributed by atoms with Gasteiger partial charge in [-0.25, -0.2) is 17.2 Å². The Balaban J connectivity index is 3.16. The van der Waals surface area contributed by atoms with Crippen LogP contribution >= 0.6 is 10.7 Å². The molecule has 8 heteroatoms. The van der Waals surface area contributed by atoms with E-state index in [4.69, 9.17) is 10.7 Å². The molecular weight excluding hydrogens is 312 g/mol. The molecule has 0 aromatic heterocycles. The van der Waals surface area contributed by atoms with Crippen LogP contribution in [0.2, 0.25) is 0 Å². The van der Waals surface area contributed by atoms with Gasteiger partial charge in [0, 0.05) is 22.8 Å². The summed E-state index contributed by atoms with van der Waals surface area (Å²) in [5.74, 6) is -3.30. The molecule has 1 aromatic rings. The van der Waals surface area contributed by atoms with E-state index in [-0.39, 0.29) is 6.04 Å². The molecule has 1 unspecified atom stereocenters. The fraction of sp³-hybridized carbons (Fsp3) is 0.417. The average molecular weight is 326 g/mol. The van der Waals surface area contributed by atoms with Gasteiger partial charge in [-0.15, -0.1) is 0 Å². The molecule has 1 atom stereocenters. The fourth-order valence-electron chi connectivity index (χ4n) is 1.70. The van der Waals surface area contributed by atoms with Crippen molar-refractivity contribution >= 4 is 25.6 Å². The highest BCUT2D eigenvalue weighted by molar-refractivity contribution is 8.13. The topological polar surface area (TPSA) is 63.2 Å². The van der Waals surface area contributed by atoms with Gasteiger partial charge < -0.3 is 5.32 Å². The molecule has 1 rings (SSSR count). The Labute approximate surface area is 120 Å². The highest BCUT2D eigenvalue weighted by atomic mass is 35.7. The second kappa shape index (κ2) is 6.49. The van der Waals surface area contributed by atoms with Gasteiger partial charge in [-0.2, -0.15) is 0 Å². The van der Waals surface area contributed by atoms with Gasteiger partial charge in [0.1, 0.15) is 16.5 Å². The summed E-state index contributed by atoms with van der Waals surface area (Å²) in [6.07, 6.45) is 1.49. The van der Waals surface area contributed by atoms with Crippen LogP contribution in [0.4, 0.5) is 8.78 Å². The van der Waals surface area contributed by atoms with Crippen molar-refractivity contribution in [1.29, 1.82) is 0 Å². The fourth-order valence-corrected chi connectivity index (χ4v) is 2.60. The van der Waals surface area contributed by atoms with Crippen molar-refractivity contribution in [2.24, 2.45) is 0 Å². The first-order chi connectivity index (χ1) is 9.16. The molecule has 4 nitrogen and oxygen atoms in total. The summed E-state index contributed by atoms with van der Waals surface area (Å²) in [7, 11) is 0.632. The summed E-state index contributed by atoms with van der Waals surface area (Å²) >= 11 is 0. The molecule has 112 valence electrons. The van der Waals surface area contributed by atoms with E-state index in [0.29, 0.717) is 18.6 Å². The SMILES string of the molecule is CCCC(C)NC(=O)c1cc(S(=O)(=O)Cl)c(F)cc1F. The van der Waals surface area contributed by atoms with Gasteiger partial charge in [-0.1, -0.05) is 13.3 Å². The largest absolute Gasteiger partial charge is 0.349 e. The third-order valence-electron chi connectivity index (χ3n) is 2.63. The van der Waals surface area contributed by atoms with E-state index in [1.165, 1.54) is 0 Å². The van der Waals surface area contributed by atoms with Crippen molar-refractivity contribution in [2.45, 2.75) is 37.6 Å². The van der Waals surface area contributed by atoms with Crippen LogP contribution in [0.1, 0.15) is 37.0 Å². The molecule has 0 spiro atoms. The Morgan fingerprint density at radius 1 is 1.35 bits per heavy atom. The lowest BCUT2D eigenvalue weighted by Crippen LogP contribution is -2.33. The summed E-state index contributed by atoms with van der Waals surface area (Å²) in [5, 5.41) is 2.50. The van der Waals surface area contributed by atoms with Crippen molar-refractivity contribution in [1.82, 2.24) is 5.32 Å². The Bertz CT molecular complexity index is 619. The van der Waals surface area contributed by atoms with Crippen molar-refractivity contribution in [3.8, 4) is 0 Å². The van der Waals surface area contributed by atoms with Gasteiger partial charge in [-0.05, 0) is 19.4 Å². The molecule has 0 heterocycles. The second-order valence-electron chi connectivity index (χ2n) is 4.36. The third kappa shape index (κ3) is 4.14. The number of halogens is 3. The van der Waals surface area contributed by atoms with Gasteiger partial charge in [-0.3, -0.25) is 4.79 Å². The molecule has 0 bridgehead atoms. The van der Waals surface area contributed by atoms with Gasteiger partial charge >= 0.3 is 0 Å². The molecule has 0 radical (unpaired) electrons. The number of hydrogen-bond acceptors (Lipinski definition) is 3. The molecule has 1 aromatic carbocycles. The van der Waals surface area contributed by atoms with Gasteiger partial charge in [0.25, 0.3) is 15.0 Å². The van der Waals surface area contributed by atoms with Crippen LogP contribution in [-0.2, 0) is 9.05 Å². The van der Waals surface area contributed by atoms with Crippen LogP contribution < -0.4 is 5.32 Å². The lowest BCUT2D eigenvalue weighted by molar-refractivity contribution is 0.0934. The molecule has 0 saturated heterocycles. The average Bonchev–Trinajstić information content (AvgIpc) is 2.26. The lowest BCUT2D eigenvalue weighted by atomic mass is 10.1. The molecule has 0 aliphatic carbocycles. The molecule has 0 saturated carbocycles. The lowest BCUT2D eigenvalue weighted by Gasteiger charge is -2.13. The Hall–Kier alpha value is -1.21. The maximum Gasteiger partial charge on any atom is 0.264 e. The van der Waals surface area contributed by atoms with Crippen LogP contribution in [0.5, 0.6) is 0 Å². The number of carbonyl (C=O) groups is 1. The van der Waals surface area contributed by atoms with Gasteiger partial charge in [0.15, 0.2) is 0 Å². The number of nitrogens with one attached hydrogen (secondary N) is 1. The van der Waals surface area contributed by atoms with Crippen LogP contribution in [0.15, 0.2) is 17.0 Å². The molecular formula is C12H14ClF2NO3S. The number of benzene rings is 1. The van der Waals surface area contributed by atoms with Crippen LogP contribution in [0, 0.1) is 11.6 Å². The van der Waals surface area contributed by atoms with Crippen molar-refractivity contribution < 1.29 is 22.0 Å². The number of hydrogen-bond donors (Lipinski definition) is 1. The first-order valence-electron chi connectivity index (χ1n) is 5.91. The molecule has 1 amide bonds. The number of carbonyl (C=O) groups excluding carboxylic acids is 1. The highest BCUT2D eigenvalue weighted by Gasteiger charge is 2.23. The Kier molecular flexibility index (Phi) is 5.47. The zero-order valence-electron chi connectivity index (χ0n) is 10.9. The van der Waals surface area contributed by atoms with Crippen molar-refractivity contribution in [3.63, 3.8) is 0 Å². The van der Waals surface area contributed by atoms with Crippen LogP contribution in [0.3, 0.4) is 0 Å². The van der Waals surface area contributed by atoms with Crippen molar-refractivity contribution in [2.75, 3.05) is 0 Å². The first-order valence-corrected chi connectivity index (χ1v) is 8.22. The van der Waals surface area contributed by atoms with E-state index in [0.717, 1.165) is 6.42 Å². The number of amides is 1. The van der Waals surface area contributed by atoms with E-state index in [1.54, 1.807) is 6.92 Å². The highest BCUT2D eigenvalue weighted by Crippen LogP contribution is 2.22. The molecule has 0 fully saturated rings. The van der Waals surface area contributed by atoms with E-state index in [9.17, 15) is 22.0 Å². The normalized spacial score (nSPS) is 13.1. The Morgan fingerprint density at radius 3 is 2.45 bits per heavy atom. The van der Waals surface area contributed by atoms with E-state index >= 15 is 0 Å². The predicted octanol–water partition coefficient (Wildman–Crippen LogP) is 2.81. The van der Waals surface area contributed by atoms with E-state index in [1.807, 2.05) is 6.92 Å². The third-order valence-corrected chi connectivity index (χ3v) is 3.96. The standard InChI is InChI=1S/C12H14ClF2NO3S/c1-3-4-7(2)16-12(17)8-5-11(20(13,18)19)10(15)6-9(8)14/h5-7H,3-4H2,1-2H3,(H,16,17). The Morgan fingerprint density at radius 2 is 1.95 bits per heavy atom. The summed E-state index contributed by atoms with van der Waals surface area (Å²) in [5.41, 5.74) is -0.562. The molecule has 0 aliphatic heterocycles. The molecule has 20 heavy (non-hydrogen) atoms. The van der Waals surface area contributed by atoms with E-state index < -0.39 is 37.1 Å². The maximum absolute atomic E-state index is 13.6. The summed E-state index contributed by atoms with van der Waals surface area (Å²) in [4.78, 5) is 10.9. The predicted molar refractivity (Wildman–Crippen MR) is 71.2 cm³/mol. The number of rotatable bonds is 5. The quantitative estimate of drug-likeness (QED) is 0.847. The van der Waals surface area contributed by atoms with Crippen LogP contribution in [0.25, 0.3) is 0 Å². The van der Waals surface area contributed by atoms with Gasteiger partial charge in [0.2, 0.25) is 0 Å². The monoisotopic (exact) mass is 325 g/mol. The summed E-state index contributed by atoms with van der Waals surface area (Å²) in [6.45, 7) is 3.64. The smallest absolute Gasteiger partial charge is 0.264 e. The molecule has 1 N–H and O–H groups in total. The zero-order valence-corrected chi connectivity index (χ0v) is 12.5. The molecule has 0 aliphatic rings. The van der Waals surface area contributed by atoms with E-state index in [2.05, 4.69) is 5.32 Å². The zero-order chi connectivity index (χ0) is 15.5. The first kappa shape index (κ1) is 16.8. The van der Waals surface area contributed by atoms with Crippen LogP contribution in [-0.4, -0.2) is 20.4 Å². The minimum Gasteiger partial charge on any atom is -0.349 e.